The largest absolute Gasteiger partial charge is 0.385 e. The van der Waals surface area contributed by atoms with Gasteiger partial charge in [0.25, 0.3) is 5.91 Å². The molecule has 1 aromatic heterocycles. The molecule has 0 saturated heterocycles. The quantitative estimate of drug-likeness (QED) is 0.702. The van der Waals surface area contributed by atoms with Gasteiger partial charge in [-0.05, 0) is 20.3 Å². The van der Waals surface area contributed by atoms with Gasteiger partial charge in [0.2, 0.25) is 5.91 Å². The topological polar surface area (TPSA) is 87.3 Å². The summed E-state index contributed by atoms with van der Waals surface area (Å²) in [6.45, 7) is 4.71. The number of nitrogens with zero attached hydrogens (tertiary/aromatic N) is 2. The van der Waals surface area contributed by atoms with E-state index in [1.165, 1.54) is 4.90 Å². The van der Waals surface area contributed by atoms with E-state index in [1.807, 2.05) is 0 Å². The van der Waals surface area contributed by atoms with Gasteiger partial charge in [-0.15, -0.1) is 0 Å². The van der Waals surface area contributed by atoms with Gasteiger partial charge in [0, 0.05) is 33.0 Å². The fourth-order valence-corrected chi connectivity index (χ4v) is 1.84. The molecule has 0 aliphatic carbocycles. The second-order valence-corrected chi connectivity index (χ2v) is 4.67. The first kappa shape index (κ1) is 16.2. The van der Waals surface area contributed by atoms with Crippen LogP contribution >= 0.6 is 0 Å². The highest BCUT2D eigenvalue weighted by Gasteiger charge is 2.20. The van der Waals surface area contributed by atoms with Crippen molar-refractivity contribution >= 4 is 11.8 Å². The van der Waals surface area contributed by atoms with E-state index in [1.54, 1.807) is 28.0 Å². The zero-order valence-electron chi connectivity index (χ0n) is 12.4. The predicted octanol–water partition coefficient (Wildman–Crippen LogP) is 0.251. The molecule has 2 amide bonds. The molecule has 0 aliphatic rings. The lowest BCUT2D eigenvalue weighted by Gasteiger charge is -2.17. The van der Waals surface area contributed by atoms with Gasteiger partial charge in [0.1, 0.15) is 0 Å². The molecule has 2 N–H and O–H groups in total. The van der Waals surface area contributed by atoms with E-state index in [-0.39, 0.29) is 18.4 Å². The Bertz CT molecular complexity index is 451. The number of likely N-dealkylation sites (N-methyl/N-ethyl adjacent to an activating group) is 1. The maximum atomic E-state index is 12.2. The number of nitrogens with one attached hydrogen (secondary N) is 2. The zero-order valence-corrected chi connectivity index (χ0v) is 12.4. The average molecular weight is 282 g/mol. The highest BCUT2D eigenvalue weighted by atomic mass is 16.5. The van der Waals surface area contributed by atoms with E-state index >= 15 is 0 Å². The molecule has 1 rings (SSSR count). The first-order valence-corrected chi connectivity index (χ1v) is 6.50. The third-order valence-corrected chi connectivity index (χ3v) is 2.92. The van der Waals surface area contributed by atoms with E-state index in [0.29, 0.717) is 30.1 Å². The van der Waals surface area contributed by atoms with Gasteiger partial charge in [-0.25, -0.2) is 0 Å². The maximum absolute atomic E-state index is 12.2. The van der Waals surface area contributed by atoms with Gasteiger partial charge < -0.3 is 15.0 Å². The number of H-pyrrole nitrogens is 1. The van der Waals surface area contributed by atoms with Crippen LogP contribution < -0.4 is 5.32 Å². The lowest BCUT2D eigenvalue weighted by atomic mass is 10.2. The molecule has 1 aromatic rings. The molecule has 112 valence electrons. The summed E-state index contributed by atoms with van der Waals surface area (Å²) in [7, 11) is 3.22. The molecule has 7 nitrogen and oxygen atoms in total. The summed E-state index contributed by atoms with van der Waals surface area (Å²) in [5, 5.41) is 9.49. The molecular weight excluding hydrogens is 260 g/mol. The van der Waals surface area contributed by atoms with Gasteiger partial charge in [-0.3, -0.25) is 14.7 Å². The Hall–Kier alpha value is -1.89. The summed E-state index contributed by atoms with van der Waals surface area (Å²) in [4.78, 5) is 25.3. The van der Waals surface area contributed by atoms with Crippen molar-refractivity contribution in [3.8, 4) is 0 Å². The van der Waals surface area contributed by atoms with E-state index in [0.717, 1.165) is 6.42 Å². The predicted molar refractivity (Wildman–Crippen MR) is 74.5 cm³/mol. The van der Waals surface area contributed by atoms with Crippen LogP contribution in [-0.2, 0) is 9.53 Å². The fraction of sp³-hybridized carbons (Fsp3) is 0.615. The lowest BCUT2D eigenvalue weighted by Crippen LogP contribution is -2.39. The first-order valence-electron chi connectivity index (χ1n) is 6.50. The number of rotatable bonds is 7. The monoisotopic (exact) mass is 282 g/mol. The van der Waals surface area contributed by atoms with Gasteiger partial charge in [-0.1, -0.05) is 0 Å². The Kier molecular flexibility index (Phi) is 6.17. The minimum atomic E-state index is -0.208. The number of aromatic amines is 1. The van der Waals surface area contributed by atoms with Crippen LogP contribution in [0.25, 0.3) is 0 Å². The number of methoxy groups -OCH3 is 1. The van der Waals surface area contributed by atoms with Gasteiger partial charge in [0.15, 0.2) is 0 Å². The van der Waals surface area contributed by atoms with Crippen LogP contribution in [0.15, 0.2) is 0 Å². The van der Waals surface area contributed by atoms with E-state index in [2.05, 4.69) is 15.5 Å². The summed E-state index contributed by atoms with van der Waals surface area (Å²) >= 11 is 0. The number of amides is 2. The van der Waals surface area contributed by atoms with Gasteiger partial charge in [0.05, 0.1) is 17.8 Å². The molecule has 0 aromatic carbocycles. The van der Waals surface area contributed by atoms with Crippen LogP contribution in [0.2, 0.25) is 0 Å². The molecule has 0 radical (unpaired) electrons. The van der Waals surface area contributed by atoms with E-state index < -0.39 is 0 Å². The summed E-state index contributed by atoms with van der Waals surface area (Å²) < 4.78 is 4.89. The summed E-state index contributed by atoms with van der Waals surface area (Å²) in [5.74, 6) is -0.392. The number of hydrogen-bond acceptors (Lipinski definition) is 4. The van der Waals surface area contributed by atoms with Crippen molar-refractivity contribution in [3.05, 3.63) is 17.0 Å². The van der Waals surface area contributed by atoms with Crippen molar-refractivity contribution in [1.82, 2.24) is 20.4 Å². The third kappa shape index (κ3) is 4.34. The zero-order chi connectivity index (χ0) is 15.1. The maximum Gasteiger partial charge on any atom is 0.257 e. The van der Waals surface area contributed by atoms with Crippen molar-refractivity contribution in [2.75, 3.05) is 33.9 Å². The molecule has 0 unspecified atom stereocenters. The van der Waals surface area contributed by atoms with Crippen LogP contribution in [0.5, 0.6) is 0 Å². The van der Waals surface area contributed by atoms with Crippen LogP contribution in [0.1, 0.15) is 28.2 Å². The lowest BCUT2D eigenvalue weighted by molar-refractivity contribution is -0.121. The van der Waals surface area contributed by atoms with E-state index in [4.69, 9.17) is 4.74 Å². The smallest absolute Gasteiger partial charge is 0.257 e. The van der Waals surface area contributed by atoms with Crippen LogP contribution in [0.3, 0.4) is 0 Å². The Morgan fingerprint density at radius 3 is 2.65 bits per heavy atom. The molecule has 0 atom stereocenters. The fourth-order valence-electron chi connectivity index (χ4n) is 1.84. The van der Waals surface area contributed by atoms with Crippen molar-refractivity contribution in [1.29, 1.82) is 0 Å². The number of carbonyl (C=O) groups excluding carboxylic acids is 2. The minimum Gasteiger partial charge on any atom is -0.385 e. The Labute approximate surface area is 118 Å². The Morgan fingerprint density at radius 1 is 1.40 bits per heavy atom. The molecule has 1 heterocycles. The number of hydrogen-bond donors (Lipinski definition) is 2. The highest BCUT2D eigenvalue weighted by Crippen LogP contribution is 2.11. The molecule has 0 aliphatic heterocycles. The van der Waals surface area contributed by atoms with Gasteiger partial charge >= 0.3 is 0 Å². The van der Waals surface area contributed by atoms with Crippen molar-refractivity contribution in [3.63, 3.8) is 0 Å². The number of carbonyl (C=O) groups is 2. The van der Waals surface area contributed by atoms with Crippen LogP contribution in [-0.4, -0.2) is 60.8 Å². The highest BCUT2D eigenvalue weighted by molar-refractivity contribution is 5.98. The summed E-state index contributed by atoms with van der Waals surface area (Å²) in [5.41, 5.74) is 1.87. The van der Waals surface area contributed by atoms with Crippen molar-refractivity contribution < 1.29 is 14.3 Å². The minimum absolute atomic E-state index is 0.0237. The second-order valence-electron chi connectivity index (χ2n) is 4.67. The van der Waals surface area contributed by atoms with E-state index in [9.17, 15) is 9.59 Å². The SMILES string of the molecule is COCCCNC(=O)CN(C)C(=O)c1c(C)n[nH]c1C. The molecule has 0 fully saturated rings. The molecule has 0 bridgehead atoms. The molecule has 0 saturated carbocycles. The Morgan fingerprint density at radius 2 is 2.10 bits per heavy atom. The second kappa shape index (κ2) is 7.64. The first-order chi connectivity index (χ1) is 9.47. The summed E-state index contributed by atoms with van der Waals surface area (Å²) in [6, 6.07) is 0. The van der Waals surface area contributed by atoms with Crippen molar-refractivity contribution in [2.45, 2.75) is 20.3 Å². The molecule has 7 heteroatoms. The number of aryl methyl sites for hydroxylation is 2. The third-order valence-electron chi connectivity index (χ3n) is 2.92. The molecule has 20 heavy (non-hydrogen) atoms. The van der Waals surface area contributed by atoms with Gasteiger partial charge in [-0.2, -0.15) is 5.10 Å². The number of aromatic nitrogens is 2. The molecule has 0 spiro atoms. The Balaban J connectivity index is 2.48. The average Bonchev–Trinajstić information content (AvgIpc) is 2.73. The van der Waals surface area contributed by atoms with Crippen LogP contribution in [0, 0.1) is 13.8 Å². The van der Waals surface area contributed by atoms with Crippen LogP contribution in [0.4, 0.5) is 0 Å². The molecular formula is C13H22N4O3. The normalized spacial score (nSPS) is 10.4. The standard InChI is InChI=1S/C13H22N4O3/c1-9-12(10(2)16-15-9)13(19)17(3)8-11(18)14-6-5-7-20-4/h5-8H2,1-4H3,(H,14,18)(H,15,16). The number of ether oxygens (including phenoxy) is 1. The van der Waals surface area contributed by atoms with Crippen molar-refractivity contribution in [2.24, 2.45) is 0 Å². The summed E-state index contributed by atoms with van der Waals surface area (Å²) in [6.07, 6.45) is 0.750.